The van der Waals surface area contributed by atoms with Gasteiger partial charge in [-0.15, -0.1) is 0 Å². The summed E-state index contributed by atoms with van der Waals surface area (Å²) in [4.78, 5) is 27.9. The molecule has 1 heterocycles. The zero-order chi connectivity index (χ0) is 15.5. The number of pyridine rings is 1. The van der Waals surface area contributed by atoms with Gasteiger partial charge in [-0.05, 0) is 36.3 Å². The molecule has 1 saturated carbocycles. The van der Waals surface area contributed by atoms with E-state index in [0.29, 0.717) is 18.0 Å². The monoisotopic (exact) mass is 300 g/mol. The van der Waals surface area contributed by atoms with E-state index < -0.39 is 0 Å². The van der Waals surface area contributed by atoms with Gasteiger partial charge in [-0.25, -0.2) is 0 Å². The predicted molar refractivity (Wildman–Crippen MR) is 86.3 cm³/mol. The number of amides is 1. The van der Waals surface area contributed by atoms with Gasteiger partial charge in [-0.3, -0.25) is 14.6 Å². The number of Topliss-reactive ketones (excluding diaryl/α,β-unsaturated/α-hetero) is 1. The molecule has 4 nitrogen and oxygen atoms in total. The summed E-state index contributed by atoms with van der Waals surface area (Å²) in [6, 6.07) is 0. The van der Waals surface area contributed by atoms with Crippen LogP contribution in [0.4, 0.5) is 5.69 Å². The van der Waals surface area contributed by atoms with Crippen molar-refractivity contribution in [1.82, 2.24) is 4.98 Å². The minimum absolute atomic E-state index is 0.0711. The molecule has 0 unspecified atom stereocenters. The molecule has 2 aliphatic carbocycles. The molecule has 3 rings (SSSR count). The van der Waals surface area contributed by atoms with Crippen LogP contribution in [0, 0.1) is 0 Å². The molecular formula is C18H24N2O2. The third-order valence-corrected chi connectivity index (χ3v) is 4.91. The molecule has 0 atom stereocenters. The van der Waals surface area contributed by atoms with Gasteiger partial charge in [0, 0.05) is 13.3 Å². The van der Waals surface area contributed by atoms with Crippen LogP contribution >= 0.6 is 0 Å². The second-order valence-electron chi connectivity index (χ2n) is 6.56. The van der Waals surface area contributed by atoms with Crippen molar-refractivity contribution in [3.63, 3.8) is 0 Å². The average Bonchev–Trinajstić information content (AvgIpc) is 2.80. The summed E-state index contributed by atoms with van der Waals surface area (Å²) in [6.07, 6.45) is 11.7. The van der Waals surface area contributed by atoms with Crippen LogP contribution in [0.3, 0.4) is 0 Å². The minimum atomic E-state index is -0.0711. The first kappa shape index (κ1) is 15.2. The summed E-state index contributed by atoms with van der Waals surface area (Å²) in [5.74, 6) is 0.527. The molecule has 22 heavy (non-hydrogen) atoms. The van der Waals surface area contributed by atoms with Crippen molar-refractivity contribution in [2.24, 2.45) is 0 Å². The number of anilines is 1. The maximum absolute atomic E-state index is 12.0. The lowest BCUT2D eigenvalue weighted by atomic mass is 9.83. The highest BCUT2D eigenvalue weighted by Gasteiger charge is 2.29. The lowest BCUT2D eigenvalue weighted by Crippen LogP contribution is -2.15. The molecule has 4 heteroatoms. The highest BCUT2D eigenvalue weighted by atomic mass is 16.1. The van der Waals surface area contributed by atoms with E-state index in [2.05, 4.69) is 10.3 Å². The number of rotatable bonds is 2. The molecule has 118 valence electrons. The first-order chi connectivity index (χ1) is 10.7. The molecule has 0 spiro atoms. The Labute approximate surface area is 131 Å². The maximum atomic E-state index is 12.0. The lowest BCUT2D eigenvalue weighted by molar-refractivity contribution is -0.114. The number of fused-ring (bicyclic) bond motifs is 1. The third-order valence-electron chi connectivity index (χ3n) is 4.91. The van der Waals surface area contributed by atoms with Crippen molar-refractivity contribution in [3.8, 4) is 0 Å². The number of hydrogen-bond acceptors (Lipinski definition) is 3. The van der Waals surface area contributed by atoms with E-state index >= 15 is 0 Å². The smallest absolute Gasteiger partial charge is 0.221 e. The Morgan fingerprint density at radius 1 is 1.14 bits per heavy atom. The number of nitrogens with zero attached hydrogens (tertiary/aromatic N) is 1. The molecule has 1 aromatic rings. The van der Waals surface area contributed by atoms with Crippen LogP contribution in [-0.2, 0) is 11.2 Å². The normalized spacial score (nSPS) is 19.4. The molecule has 0 radical (unpaired) electrons. The highest BCUT2D eigenvalue weighted by molar-refractivity contribution is 6.00. The Hall–Kier alpha value is -1.71. The van der Waals surface area contributed by atoms with Crippen molar-refractivity contribution in [2.75, 3.05) is 5.32 Å². The fourth-order valence-corrected chi connectivity index (χ4v) is 3.92. The van der Waals surface area contributed by atoms with Gasteiger partial charge < -0.3 is 5.32 Å². The van der Waals surface area contributed by atoms with Crippen LogP contribution in [-0.4, -0.2) is 16.7 Å². The fourth-order valence-electron chi connectivity index (χ4n) is 3.92. The zero-order valence-corrected chi connectivity index (χ0v) is 13.3. The summed E-state index contributed by atoms with van der Waals surface area (Å²) < 4.78 is 0. The lowest BCUT2D eigenvalue weighted by Gasteiger charge is -2.25. The zero-order valence-electron chi connectivity index (χ0n) is 13.3. The second-order valence-corrected chi connectivity index (χ2v) is 6.56. The van der Waals surface area contributed by atoms with E-state index in [9.17, 15) is 9.59 Å². The number of carbonyl (C=O) groups excluding carboxylic acids is 2. The standard InChI is InChI=1S/C18H24N2O2/c1-12(21)20-15-11-19-18-14(9-10-16(18)22)17(15)13-7-5-3-2-4-6-8-13/h11,13H,2-10H2,1H3,(H,20,21). The second kappa shape index (κ2) is 6.59. The van der Waals surface area contributed by atoms with Crippen molar-refractivity contribution in [3.05, 3.63) is 23.0 Å². The minimum Gasteiger partial charge on any atom is -0.325 e. The molecule has 1 N–H and O–H groups in total. The van der Waals surface area contributed by atoms with E-state index in [1.54, 1.807) is 6.20 Å². The first-order valence-corrected chi connectivity index (χ1v) is 8.49. The molecule has 1 amide bonds. The molecule has 1 aromatic heterocycles. The van der Waals surface area contributed by atoms with Gasteiger partial charge in [-0.2, -0.15) is 0 Å². The average molecular weight is 300 g/mol. The number of carbonyl (C=O) groups is 2. The van der Waals surface area contributed by atoms with Gasteiger partial charge >= 0.3 is 0 Å². The maximum Gasteiger partial charge on any atom is 0.221 e. The number of aromatic nitrogens is 1. The Balaban J connectivity index is 2.01. The van der Waals surface area contributed by atoms with Crippen molar-refractivity contribution < 1.29 is 9.59 Å². The SMILES string of the molecule is CC(=O)Nc1cnc2c(c1C1CCCCCCC1)CCC2=O. The van der Waals surface area contributed by atoms with E-state index in [0.717, 1.165) is 30.5 Å². The Kier molecular flexibility index (Phi) is 4.55. The van der Waals surface area contributed by atoms with Crippen LogP contribution in [0.15, 0.2) is 6.20 Å². The van der Waals surface area contributed by atoms with Crippen LogP contribution < -0.4 is 5.32 Å². The van der Waals surface area contributed by atoms with Crippen LogP contribution in [0.25, 0.3) is 0 Å². The predicted octanol–water partition coefficient (Wildman–Crippen LogP) is 4.00. The molecule has 2 aliphatic rings. The molecular weight excluding hydrogens is 276 g/mol. The molecule has 0 aromatic carbocycles. The quantitative estimate of drug-likeness (QED) is 0.898. The summed E-state index contributed by atoms with van der Waals surface area (Å²) in [5, 5.41) is 2.94. The van der Waals surface area contributed by atoms with Crippen LogP contribution in [0.2, 0.25) is 0 Å². The molecule has 0 aliphatic heterocycles. The van der Waals surface area contributed by atoms with Gasteiger partial charge in [-0.1, -0.05) is 32.1 Å². The summed E-state index contributed by atoms with van der Waals surface area (Å²) in [7, 11) is 0. The first-order valence-electron chi connectivity index (χ1n) is 8.49. The van der Waals surface area contributed by atoms with E-state index in [4.69, 9.17) is 0 Å². The molecule has 0 bridgehead atoms. The molecule has 1 fully saturated rings. The Morgan fingerprint density at radius 2 is 1.82 bits per heavy atom. The van der Waals surface area contributed by atoms with E-state index in [1.807, 2.05) is 0 Å². The summed E-state index contributed by atoms with van der Waals surface area (Å²) in [5.41, 5.74) is 3.77. The van der Waals surface area contributed by atoms with Crippen LogP contribution in [0.1, 0.15) is 85.8 Å². The molecule has 0 saturated heterocycles. The van der Waals surface area contributed by atoms with Crippen molar-refractivity contribution in [2.45, 2.75) is 70.6 Å². The topological polar surface area (TPSA) is 59.1 Å². The number of ketones is 1. The van der Waals surface area contributed by atoms with Crippen LogP contribution in [0.5, 0.6) is 0 Å². The Bertz CT molecular complexity index is 587. The van der Waals surface area contributed by atoms with Crippen molar-refractivity contribution >= 4 is 17.4 Å². The van der Waals surface area contributed by atoms with Gasteiger partial charge in [0.05, 0.1) is 11.9 Å². The summed E-state index contributed by atoms with van der Waals surface area (Å²) >= 11 is 0. The summed E-state index contributed by atoms with van der Waals surface area (Å²) in [6.45, 7) is 1.53. The van der Waals surface area contributed by atoms with Gasteiger partial charge in [0.2, 0.25) is 5.91 Å². The van der Waals surface area contributed by atoms with Gasteiger partial charge in [0.15, 0.2) is 5.78 Å². The fraction of sp³-hybridized carbons (Fsp3) is 0.611. The van der Waals surface area contributed by atoms with E-state index in [1.165, 1.54) is 44.6 Å². The van der Waals surface area contributed by atoms with Gasteiger partial charge in [0.1, 0.15) is 5.69 Å². The Morgan fingerprint density at radius 3 is 2.50 bits per heavy atom. The third kappa shape index (κ3) is 3.06. The largest absolute Gasteiger partial charge is 0.325 e. The number of hydrogen-bond donors (Lipinski definition) is 1. The van der Waals surface area contributed by atoms with Crippen molar-refractivity contribution in [1.29, 1.82) is 0 Å². The highest BCUT2D eigenvalue weighted by Crippen LogP contribution is 2.40. The van der Waals surface area contributed by atoms with E-state index in [-0.39, 0.29) is 11.7 Å². The van der Waals surface area contributed by atoms with Gasteiger partial charge in [0.25, 0.3) is 0 Å². The number of nitrogens with one attached hydrogen (secondary N) is 1.